The fourth-order valence-corrected chi connectivity index (χ4v) is 1.98. The Bertz CT molecular complexity index is 726. The normalized spacial score (nSPS) is 9.82. The van der Waals surface area contributed by atoms with E-state index in [1.54, 1.807) is 42.5 Å². The lowest BCUT2D eigenvalue weighted by Gasteiger charge is -2.14. The lowest BCUT2D eigenvalue weighted by Crippen LogP contribution is -2.25. The zero-order valence-corrected chi connectivity index (χ0v) is 11.7. The molecule has 0 aliphatic rings. The number of hydrogen-bond acceptors (Lipinski definition) is 3. The van der Waals surface area contributed by atoms with Crippen LogP contribution in [0.5, 0.6) is 0 Å². The minimum Gasteiger partial charge on any atom is -0.384 e. The third-order valence-corrected chi connectivity index (χ3v) is 2.90. The summed E-state index contributed by atoms with van der Waals surface area (Å²) in [6.45, 7) is 0. The van der Waals surface area contributed by atoms with E-state index >= 15 is 0 Å². The predicted octanol–water partition coefficient (Wildman–Crippen LogP) is 1.90. The fourth-order valence-electron chi connectivity index (χ4n) is 1.98. The van der Waals surface area contributed by atoms with Crippen molar-refractivity contribution in [3.63, 3.8) is 0 Å². The smallest absolute Gasteiger partial charge is 0.323 e. The molecular formula is C15H16N6O. The van der Waals surface area contributed by atoms with E-state index in [1.165, 1.54) is 0 Å². The van der Waals surface area contributed by atoms with Gasteiger partial charge in [0.15, 0.2) is 0 Å². The first-order valence-electron chi connectivity index (χ1n) is 6.44. The number of urea groups is 1. The van der Waals surface area contributed by atoms with Crippen LogP contribution in [0.2, 0.25) is 0 Å². The second-order valence-electron chi connectivity index (χ2n) is 4.50. The van der Waals surface area contributed by atoms with Crippen LogP contribution in [0.25, 0.3) is 0 Å². The van der Waals surface area contributed by atoms with Gasteiger partial charge in [0.2, 0.25) is 0 Å². The van der Waals surface area contributed by atoms with Crippen molar-refractivity contribution in [3.05, 3.63) is 59.7 Å². The summed E-state index contributed by atoms with van der Waals surface area (Å²) >= 11 is 0. The van der Waals surface area contributed by atoms with E-state index in [0.29, 0.717) is 16.9 Å². The van der Waals surface area contributed by atoms with E-state index in [-0.39, 0.29) is 17.2 Å². The maximum Gasteiger partial charge on any atom is 0.323 e. The number of amides is 2. The molecule has 7 heteroatoms. The van der Waals surface area contributed by atoms with Gasteiger partial charge in [-0.1, -0.05) is 30.3 Å². The van der Waals surface area contributed by atoms with Crippen LogP contribution < -0.4 is 22.1 Å². The number of para-hydroxylation sites is 1. The van der Waals surface area contributed by atoms with Gasteiger partial charge in [0.1, 0.15) is 11.7 Å². The van der Waals surface area contributed by atoms with Crippen LogP contribution in [0.4, 0.5) is 16.2 Å². The summed E-state index contributed by atoms with van der Waals surface area (Å²) in [5, 5.41) is 20.4. The second kappa shape index (κ2) is 6.40. The van der Waals surface area contributed by atoms with Gasteiger partial charge >= 0.3 is 6.03 Å². The molecule has 7 nitrogen and oxygen atoms in total. The quantitative estimate of drug-likeness (QED) is 0.379. The average Bonchev–Trinajstić information content (AvgIpc) is 2.47. The fraction of sp³-hybridized carbons (Fsp3) is 0. The van der Waals surface area contributed by atoms with E-state index in [0.717, 1.165) is 0 Å². The molecule has 22 heavy (non-hydrogen) atoms. The molecule has 0 aliphatic carbocycles. The monoisotopic (exact) mass is 296 g/mol. The molecule has 2 amide bonds. The van der Waals surface area contributed by atoms with Gasteiger partial charge in [-0.15, -0.1) is 0 Å². The number of amidine groups is 2. The van der Waals surface area contributed by atoms with Crippen molar-refractivity contribution in [2.45, 2.75) is 0 Å². The molecule has 0 heterocycles. The Balaban J connectivity index is 2.26. The first-order valence-corrected chi connectivity index (χ1v) is 6.44. The van der Waals surface area contributed by atoms with Gasteiger partial charge in [-0.05, 0) is 18.2 Å². The van der Waals surface area contributed by atoms with Gasteiger partial charge in [-0.2, -0.15) is 0 Å². The summed E-state index contributed by atoms with van der Waals surface area (Å²) in [6.07, 6.45) is 0. The van der Waals surface area contributed by atoms with Crippen molar-refractivity contribution in [2.24, 2.45) is 11.5 Å². The first kappa shape index (κ1) is 15.0. The van der Waals surface area contributed by atoms with Gasteiger partial charge in [-0.25, -0.2) is 4.79 Å². The molecule has 0 saturated heterocycles. The molecule has 0 aromatic heterocycles. The van der Waals surface area contributed by atoms with Gasteiger partial charge < -0.3 is 22.1 Å². The standard InChI is InChI=1S/C15H16N6O/c16-13(17)10-7-4-8-11(12(10)14(18)19)21-15(22)20-9-5-2-1-3-6-9/h1-8H,(H3,16,17)(H3,18,19)(H2,20,21,22). The molecule has 2 aromatic carbocycles. The molecule has 0 spiro atoms. The minimum atomic E-state index is -0.477. The SMILES string of the molecule is N=C(N)c1cccc(NC(=O)Nc2ccccc2)c1C(=N)N. The maximum absolute atomic E-state index is 12.0. The van der Waals surface area contributed by atoms with Crippen molar-refractivity contribution in [2.75, 3.05) is 10.6 Å². The Morgan fingerprint density at radius 2 is 1.55 bits per heavy atom. The highest BCUT2D eigenvalue weighted by atomic mass is 16.2. The lowest BCUT2D eigenvalue weighted by atomic mass is 10.0. The van der Waals surface area contributed by atoms with Crippen molar-refractivity contribution in [3.8, 4) is 0 Å². The highest BCUT2D eigenvalue weighted by Crippen LogP contribution is 2.20. The number of anilines is 2. The molecule has 0 atom stereocenters. The van der Waals surface area contributed by atoms with Crippen molar-refractivity contribution < 1.29 is 4.79 Å². The molecule has 0 radical (unpaired) electrons. The van der Waals surface area contributed by atoms with Crippen molar-refractivity contribution in [1.29, 1.82) is 10.8 Å². The molecule has 0 unspecified atom stereocenters. The number of benzene rings is 2. The van der Waals surface area contributed by atoms with Gasteiger partial charge in [-0.3, -0.25) is 10.8 Å². The topological polar surface area (TPSA) is 141 Å². The summed E-state index contributed by atoms with van der Waals surface area (Å²) in [5.41, 5.74) is 12.5. The number of carbonyl (C=O) groups is 1. The zero-order valence-electron chi connectivity index (χ0n) is 11.7. The molecule has 0 bridgehead atoms. The largest absolute Gasteiger partial charge is 0.384 e. The minimum absolute atomic E-state index is 0.221. The van der Waals surface area contributed by atoms with Crippen LogP contribution in [-0.2, 0) is 0 Å². The molecular weight excluding hydrogens is 280 g/mol. The number of nitrogens with two attached hydrogens (primary N) is 2. The summed E-state index contributed by atoms with van der Waals surface area (Å²) in [6, 6.07) is 13.2. The Morgan fingerprint density at radius 1 is 0.864 bits per heavy atom. The Kier molecular flexibility index (Phi) is 4.38. The molecule has 0 aliphatic heterocycles. The number of nitrogens with one attached hydrogen (secondary N) is 4. The third kappa shape index (κ3) is 3.40. The lowest BCUT2D eigenvalue weighted by molar-refractivity contribution is 0.262. The first-order chi connectivity index (χ1) is 10.5. The maximum atomic E-state index is 12.0. The summed E-state index contributed by atoms with van der Waals surface area (Å²) in [4.78, 5) is 12.0. The van der Waals surface area contributed by atoms with E-state index in [4.69, 9.17) is 22.3 Å². The highest BCUT2D eigenvalue weighted by Gasteiger charge is 2.15. The molecule has 0 fully saturated rings. The summed E-state index contributed by atoms with van der Waals surface area (Å²) in [5.74, 6) is -0.502. The summed E-state index contributed by atoms with van der Waals surface area (Å²) in [7, 11) is 0. The van der Waals surface area contributed by atoms with Crippen LogP contribution in [-0.4, -0.2) is 17.7 Å². The van der Waals surface area contributed by atoms with E-state index in [1.807, 2.05) is 6.07 Å². The number of nitrogen functional groups attached to an aromatic ring is 2. The molecule has 112 valence electrons. The Labute approximate surface area is 127 Å². The van der Waals surface area contributed by atoms with Crippen LogP contribution in [0.1, 0.15) is 11.1 Å². The van der Waals surface area contributed by atoms with Crippen LogP contribution in [0, 0.1) is 10.8 Å². The van der Waals surface area contributed by atoms with E-state index in [2.05, 4.69) is 10.6 Å². The molecule has 2 rings (SSSR count). The van der Waals surface area contributed by atoms with Gasteiger partial charge in [0.25, 0.3) is 0 Å². The predicted molar refractivity (Wildman–Crippen MR) is 87.6 cm³/mol. The van der Waals surface area contributed by atoms with Crippen molar-refractivity contribution in [1.82, 2.24) is 0 Å². The number of carbonyl (C=O) groups excluding carboxylic acids is 1. The average molecular weight is 296 g/mol. The highest BCUT2D eigenvalue weighted by molar-refractivity contribution is 6.13. The third-order valence-electron chi connectivity index (χ3n) is 2.90. The Morgan fingerprint density at radius 3 is 2.14 bits per heavy atom. The summed E-state index contributed by atoms with van der Waals surface area (Å²) < 4.78 is 0. The van der Waals surface area contributed by atoms with E-state index < -0.39 is 6.03 Å². The van der Waals surface area contributed by atoms with E-state index in [9.17, 15) is 4.79 Å². The second-order valence-corrected chi connectivity index (χ2v) is 4.50. The zero-order chi connectivity index (χ0) is 16.1. The van der Waals surface area contributed by atoms with Crippen molar-refractivity contribution >= 4 is 29.1 Å². The van der Waals surface area contributed by atoms with Crippen LogP contribution >= 0.6 is 0 Å². The van der Waals surface area contributed by atoms with Gasteiger partial charge in [0.05, 0.1) is 11.3 Å². The number of hydrogen-bond donors (Lipinski definition) is 6. The van der Waals surface area contributed by atoms with Gasteiger partial charge in [0, 0.05) is 11.3 Å². The van der Waals surface area contributed by atoms with Crippen LogP contribution in [0.3, 0.4) is 0 Å². The van der Waals surface area contributed by atoms with Crippen LogP contribution in [0.15, 0.2) is 48.5 Å². The molecule has 8 N–H and O–H groups in total. The Hall–Kier alpha value is -3.35. The molecule has 2 aromatic rings. The molecule has 0 saturated carbocycles. The number of rotatable bonds is 4.